The smallest absolute Gasteiger partial charge is 0.329 e. The fourth-order valence-electron chi connectivity index (χ4n) is 12.2. The van der Waals surface area contributed by atoms with Crippen LogP contribution in [0.15, 0.2) is 66.7 Å². The van der Waals surface area contributed by atoms with E-state index in [1.807, 2.05) is 49.0 Å². The number of hydrogen-bond acceptors (Lipinski definition) is 9. The fraction of sp³-hybridized carbons (Fsp3) is 0.473. The number of carbonyl (C=O) groups excluding carboxylic acids is 4. The monoisotopic (exact) mass is 1020 g/mol. The molecule has 5 heterocycles. The minimum atomic E-state index is -1.11. The van der Waals surface area contributed by atoms with Crippen LogP contribution in [0.25, 0.3) is 22.0 Å². The third-order valence-electron chi connectivity index (χ3n) is 16.3. The van der Waals surface area contributed by atoms with Crippen molar-refractivity contribution in [3.63, 3.8) is 0 Å². The van der Waals surface area contributed by atoms with Crippen molar-refractivity contribution < 1.29 is 41.8 Å². The van der Waals surface area contributed by atoms with E-state index in [0.29, 0.717) is 36.4 Å². The second-order valence-electron chi connectivity index (χ2n) is 20.2. The molecule has 386 valence electrons. The third kappa shape index (κ3) is 9.52. The number of piperidine rings is 2. The van der Waals surface area contributed by atoms with Gasteiger partial charge in [0.25, 0.3) is 5.91 Å². The number of anilines is 1. The zero-order valence-corrected chi connectivity index (χ0v) is 42.2. The molecule has 73 heavy (non-hydrogen) atoms. The third-order valence-corrected chi connectivity index (χ3v) is 16.6. The lowest BCUT2D eigenvalue weighted by Crippen LogP contribution is -2.51. The van der Waals surface area contributed by atoms with Gasteiger partial charge in [-0.2, -0.15) is 5.10 Å². The number of rotatable bonds is 13. The molecule has 1 aliphatic carbocycles. The van der Waals surface area contributed by atoms with Crippen molar-refractivity contribution in [2.75, 3.05) is 64.5 Å². The van der Waals surface area contributed by atoms with Gasteiger partial charge in [0.1, 0.15) is 24.8 Å². The number of halogens is 4. The molecule has 18 heteroatoms. The lowest BCUT2D eigenvalue weighted by molar-refractivity contribution is -0.138. The lowest BCUT2D eigenvalue weighted by Gasteiger charge is -2.43. The van der Waals surface area contributed by atoms with Crippen molar-refractivity contribution in [2.24, 2.45) is 13.0 Å². The summed E-state index contributed by atoms with van der Waals surface area (Å²) in [7, 11) is 3.29. The number of nitrogens with zero attached hydrogens (tertiary/aromatic N) is 5. The Morgan fingerprint density at radius 1 is 0.918 bits per heavy atom. The highest BCUT2D eigenvalue weighted by Gasteiger charge is 2.50. The van der Waals surface area contributed by atoms with Crippen LogP contribution in [0.4, 0.5) is 23.8 Å². The highest BCUT2D eigenvalue weighted by atomic mass is 35.5. The molecule has 4 aliphatic heterocycles. The summed E-state index contributed by atoms with van der Waals surface area (Å²) in [6.07, 6.45) is 7.25. The van der Waals surface area contributed by atoms with Gasteiger partial charge in [-0.05, 0) is 106 Å². The molecule has 5 aliphatic rings. The molecule has 4 fully saturated rings. The average molecular weight is 1020 g/mol. The molecule has 1 saturated carbocycles. The Morgan fingerprint density at radius 2 is 1.66 bits per heavy atom. The van der Waals surface area contributed by atoms with Gasteiger partial charge in [-0.25, -0.2) is 18.0 Å². The van der Waals surface area contributed by atoms with E-state index in [9.17, 15) is 23.6 Å². The van der Waals surface area contributed by atoms with Crippen LogP contribution in [0.2, 0.25) is 5.02 Å². The van der Waals surface area contributed by atoms with Gasteiger partial charge in [0, 0.05) is 98.8 Å². The second-order valence-corrected chi connectivity index (χ2v) is 20.6. The number of imide groups is 1. The van der Waals surface area contributed by atoms with Crippen LogP contribution in [0, 0.1) is 17.6 Å². The highest BCUT2D eigenvalue weighted by molar-refractivity contribution is 6.34. The molecule has 5 amide bonds. The van der Waals surface area contributed by atoms with Crippen molar-refractivity contribution in [2.45, 2.75) is 94.2 Å². The second kappa shape index (κ2) is 21.0. The van der Waals surface area contributed by atoms with Crippen molar-refractivity contribution >= 4 is 52.1 Å². The first-order chi connectivity index (χ1) is 35.3. The van der Waals surface area contributed by atoms with Crippen LogP contribution in [-0.2, 0) is 22.2 Å². The number of fused-ring (bicyclic) bond motifs is 2. The lowest BCUT2D eigenvalue weighted by atomic mass is 9.77. The van der Waals surface area contributed by atoms with Gasteiger partial charge >= 0.3 is 6.03 Å². The summed E-state index contributed by atoms with van der Waals surface area (Å²) < 4.78 is 59.8. The quantitative estimate of drug-likeness (QED) is 0.105. The number of aromatic nitrogens is 2. The Labute approximate surface area is 427 Å². The predicted octanol–water partition coefficient (Wildman–Crippen LogP) is 8.74. The normalized spacial score (nSPS) is 23.1. The van der Waals surface area contributed by atoms with Crippen LogP contribution < -0.4 is 30.3 Å². The number of likely N-dealkylation sites (tertiary alicyclic amines) is 2. The molecule has 4 aromatic carbocycles. The molecular weight excluding hydrogens is 961 g/mol. The van der Waals surface area contributed by atoms with E-state index < -0.39 is 48.4 Å². The molecule has 0 radical (unpaired) electrons. The topological polar surface area (TPSA) is 150 Å². The number of carbonyl (C=O) groups is 4. The Bertz CT molecular complexity index is 2920. The number of urea groups is 1. The summed E-state index contributed by atoms with van der Waals surface area (Å²) in [5.41, 5.74) is 1.95. The minimum Gasteiger partial charge on any atom is -0.488 e. The SMILES string of the molecule is CNC(=O)c1ccc(OCCF)c(F)c1-c1c(Cl)c(F)cc2c1C(C)C(CNC1CCC(C(=O)N3CCC(N4CCC(c5ccc6c(N7CCC(=O)NC7=O)nn(C)c6c5)CC4)CC3)CC1)(c1ccccc1)O2. The van der Waals surface area contributed by atoms with Crippen molar-refractivity contribution in [3.8, 4) is 22.6 Å². The molecule has 14 nitrogen and oxygen atoms in total. The molecule has 2 unspecified atom stereocenters. The van der Waals surface area contributed by atoms with Gasteiger partial charge in [0.05, 0.1) is 16.1 Å². The van der Waals surface area contributed by atoms with E-state index in [0.717, 1.165) is 94.0 Å². The van der Waals surface area contributed by atoms with Gasteiger partial charge in [-0.15, -0.1) is 0 Å². The average Bonchev–Trinajstić information content (AvgIpc) is 3.89. The van der Waals surface area contributed by atoms with Crippen molar-refractivity contribution in [1.82, 2.24) is 35.5 Å². The first-order valence-corrected chi connectivity index (χ1v) is 26.0. The van der Waals surface area contributed by atoms with Crippen LogP contribution in [0.5, 0.6) is 11.5 Å². The number of nitrogens with one attached hydrogen (secondary N) is 3. The van der Waals surface area contributed by atoms with Crippen LogP contribution in [0.3, 0.4) is 0 Å². The fourth-order valence-corrected chi connectivity index (χ4v) is 12.5. The number of benzene rings is 4. The summed E-state index contributed by atoms with van der Waals surface area (Å²) >= 11 is 6.77. The number of amides is 5. The van der Waals surface area contributed by atoms with Gasteiger partial charge in [0.2, 0.25) is 11.8 Å². The number of hydrogen-bond donors (Lipinski definition) is 3. The molecule has 5 aromatic rings. The maximum atomic E-state index is 16.6. The number of alkyl halides is 1. The molecule has 0 spiro atoms. The zero-order chi connectivity index (χ0) is 51.1. The zero-order valence-electron chi connectivity index (χ0n) is 41.5. The maximum Gasteiger partial charge on any atom is 0.329 e. The summed E-state index contributed by atoms with van der Waals surface area (Å²) in [6, 6.07) is 19.9. The predicted molar refractivity (Wildman–Crippen MR) is 272 cm³/mol. The van der Waals surface area contributed by atoms with Gasteiger partial charge < -0.3 is 29.9 Å². The van der Waals surface area contributed by atoms with Crippen molar-refractivity contribution in [3.05, 3.63) is 106 Å². The largest absolute Gasteiger partial charge is 0.488 e. The van der Waals surface area contributed by atoms with Crippen LogP contribution >= 0.6 is 11.6 Å². The molecule has 3 N–H and O–H groups in total. The van der Waals surface area contributed by atoms with Gasteiger partial charge in [-0.3, -0.25) is 29.3 Å². The highest BCUT2D eigenvalue weighted by Crippen LogP contribution is 2.56. The van der Waals surface area contributed by atoms with E-state index in [-0.39, 0.29) is 63.4 Å². The van der Waals surface area contributed by atoms with E-state index in [4.69, 9.17) is 21.1 Å². The molecule has 1 aromatic heterocycles. The Hall–Kier alpha value is -6.17. The molecule has 0 bridgehead atoms. The minimum absolute atomic E-state index is 0.0315. The summed E-state index contributed by atoms with van der Waals surface area (Å²) in [4.78, 5) is 57.8. The Morgan fingerprint density at radius 3 is 2.36 bits per heavy atom. The van der Waals surface area contributed by atoms with Crippen molar-refractivity contribution in [1.29, 1.82) is 0 Å². The van der Waals surface area contributed by atoms with E-state index >= 15 is 8.78 Å². The standard InChI is InChI=1S/C55H62ClF3N8O6/c1-32-46-44(30-41(58)49(56)48(46)47-40(52(69)60-2)15-16-43(50(47)59)72-28-22-57)73-55(32,36-7-5-4-6-8-36)31-61-37-12-9-34(10-13-37)53(70)66-25-19-38(20-26-66)65-23-17-33(18-24-65)35-11-14-39-42(29-35)64(3)63-51(39)67-27-21-45(68)62-54(67)71/h4-8,11,14-16,29-30,32-34,37-38,61H,9-10,12-13,17-28,31H2,1-3H3,(H,60,69)(H,62,68,71). The maximum absolute atomic E-state index is 16.6. The van der Waals surface area contributed by atoms with E-state index in [1.165, 1.54) is 35.7 Å². The molecular formula is C55H62ClF3N8O6. The van der Waals surface area contributed by atoms with Crippen LogP contribution in [0.1, 0.15) is 104 Å². The van der Waals surface area contributed by atoms with E-state index in [1.54, 1.807) is 0 Å². The first-order valence-electron chi connectivity index (χ1n) is 25.6. The Balaban J connectivity index is 0.754. The molecule has 10 rings (SSSR count). The summed E-state index contributed by atoms with van der Waals surface area (Å²) in [5, 5.41) is 13.8. The van der Waals surface area contributed by atoms with Crippen LogP contribution in [-0.4, -0.2) is 115 Å². The summed E-state index contributed by atoms with van der Waals surface area (Å²) in [5.74, 6) is -2.26. The summed E-state index contributed by atoms with van der Waals surface area (Å²) in [6.45, 7) is 4.72. The number of aryl methyl sites for hydroxylation is 1. The first kappa shape index (κ1) is 50.4. The molecule has 2 atom stereocenters. The molecule has 3 saturated heterocycles. The van der Waals surface area contributed by atoms with E-state index in [2.05, 4.69) is 49.0 Å². The Kier molecular flexibility index (Phi) is 14.5. The number of ether oxygens (including phenoxy) is 2. The van der Waals surface area contributed by atoms with Gasteiger partial charge in [0.15, 0.2) is 23.0 Å². The van der Waals surface area contributed by atoms with Gasteiger partial charge in [-0.1, -0.05) is 54.9 Å².